The van der Waals surface area contributed by atoms with Gasteiger partial charge in [-0.25, -0.2) is 5.43 Å². The fourth-order valence-electron chi connectivity index (χ4n) is 3.08. The quantitative estimate of drug-likeness (QED) is 0.357. The lowest BCUT2D eigenvalue weighted by atomic mass is 9.88. The number of amides is 1. The van der Waals surface area contributed by atoms with Crippen LogP contribution in [0.25, 0.3) is 0 Å². The summed E-state index contributed by atoms with van der Waals surface area (Å²) in [6.07, 6.45) is -0.785. The van der Waals surface area contributed by atoms with Gasteiger partial charge in [-0.3, -0.25) is 4.79 Å². The highest BCUT2D eigenvalue weighted by Gasteiger charge is 2.19. The molecule has 4 nitrogen and oxygen atoms in total. The highest BCUT2D eigenvalue weighted by molar-refractivity contribution is 6.35. The molecule has 0 radical (unpaired) electrons. The Labute approximate surface area is 186 Å². The molecule has 6 heteroatoms. The third kappa shape index (κ3) is 5.62. The van der Waals surface area contributed by atoms with Gasteiger partial charge >= 0.3 is 0 Å². The summed E-state index contributed by atoms with van der Waals surface area (Å²) < 4.78 is 5.65. The fraction of sp³-hybridized carbons (Fsp3) is 0.167. The average molecular weight is 441 g/mol. The van der Waals surface area contributed by atoms with E-state index in [1.165, 1.54) is 0 Å². The zero-order chi connectivity index (χ0) is 21.5. The Hall–Kier alpha value is -2.82. The molecule has 0 aromatic heterocycles. The van der Waals surface area contributed by atoms with Crippen molar-refractivity contribution in [2.45, 2.75) is 25.9 Å². The molecule has 0 fully saturated rings. The van der Waals surface area contributed by atoms with Gasteiger partial charge in [-0.15, -0.1) is 0 Å². The molecular formula is C24H22Cl2N2O2. The molecule has 154 valence electrons. The van der Waals surface area contributed by atoms with Crippen molar-refractivity contribution in [3.63, 3.8) is 0 Å². The predicted octanol–water partition coefficient (Wildman–Crippen LogP) is 6.08. The zero-order valence-electron chi connectivity index (χ0n) is 16.7. The maximum atomic E-state index is 12.5. The van der Waals surface area contributed by atoms with Gasteiger partial charge in [0.2, 0.25) is 0 Å². The van der Waals surface area contributed by atoms with Crippen molar-refractivity contribution in [3.05, 3.63) is 100 Å². The van der Waals surface area contributed by atoms with Crippen molar-refractivity contribution in [2.75, 3.05) is 0 Å². The zero-order valence-corrected chi connectivity index (χ0v) is 18.2. The number of hydrogen-bond acceptors (Lipinski definition) is 3. The number of ether oxygens (including phenoxy) is 1. The number of hydrogen-bond donors (Lipinski definition) is 1. The Balaban J connectivity index is 1.74. The summed E-state index contributed by atoms with van der Waals surface area (Å²) in [5.41, 5.74) is 5.56. The van der Waals surface area contributed by atoms with E-state index in [4.69, 9.17) is 27.9 Å². The van der Waals surface area contributed by atoms with E-state index in [1.807, 2.05) is 67.6 Å². The fourth-order valence-corrected chi connectivity index (χ4v) is 3.53. The SMILES string of the molecule is C/C(=N\NC(=O)C(C)Oc1ccc(Cl)cc1Cl)C(c1ccccc1)c1ccccc1. The van der Waals surface area contributed by atoms with Crippen LogP contribution in [-0.4, -0.2) is 17.7 Å². The summed E-state index contributed by atoms with van der Waals surface area (Å²) in [6, 6.07) is 24.9. The molecule has 0 saturated heterocycles. The maximum absolute atomic E-state index is 12.5. The largest absolute Gasteiger partial charge is 0.479 e. The Kier molecular flexibility index (Phi) is 7.50. The van der Waals surface area contributed by atoms with Gasteiger partial charge in [0.15, 0.2) is 6.10 Å². The van der Waals surface area contributed by atoms with Gasteiger partial charge in [0.25, 0.3) is 5.91 Å². The number of nitrogens with one attached hydrogen (secondary N) is 1. The van der Waals surface area contributed by atoms with Crippen LogP contribution in [0.3, 0.4) is 0 Å². The molecule has 0 aliphatic rings. The van der Waals surface area contributed by atoms with Crippen molar-refractivity contribution >= 4 is 34.8 Å². The van der Waals surface area contributed by atoms with E-state index >= 15 is 0 Å². The average Bonchev–Trinajstić information content (AvgIpc) is 2.75. The first kappa shape index (κ1) is 21.9. The van der Waals surface area contributed by atoms with Gasteiger partial charge in [-0.2, -0.15) is 5.10 Å². The number of carbonyl (C=O) groups is 1. The Morgan fingerprint density at radius 2 is 1.50 bits per heavy atom. The van der Waals surface area contributed by atoms with Crippen LogP contribution in [0.1, 0.15) is 30.9 Å². The molecule has 3 aromatic carbocycles. The number of benzene rings is 3. The third-order valence-electron chi connectivity index (χ3n) is 4.59. The standard InChI is InChI=1S/C24H22Cl2N2O2/c1-16(23(18-9-5-3-6-10-18)19-11-7-4-8-12-19)27-28-24(29)17(2)30-22-14-13-20(25)15-21(22)26/h3-15,17,23H,1-2H3,(H,28,29)/b27-16+. The summed E-state index contributed by atoms with van der Waals surface area (Å²) >= 11 is 12.0. The Bertz CT molecular complexity index is 984. The van der Waals surface area contributed by atoms with Gasteiger partial charge in [-0.05, 0) is 43.2 Å². The van der Waals surface area contributed by atoms with Crippen LogP contribution in [0.15, 0.2) is 84.0 Å². The Morgan fingerprint density at radius 1 is 0.933 bits per heavy atom. The molecule has 0 bridgehead atoms. The molecule has 0 aliphatic heterocycles. The van der Waals surface area contributed by atoms with Crippen LogP contribution in [0.4, 0.5) is 0 Å². The second-order valence-corrected chi connectivity index (χ2v) is 7.66. The molecule has 0 saturated carbocycles. The van der Waals surface area contributed by atoms with Crippen molar-refractivity contribution in [1.82, 2.24) is 5.43 Å². The van der Waals surface area contributed by atoms with E-state index in [1.54, 1.807) is 25.1 Å². The summed E-state index contributed by atoms with van der Waals surface area (Å²) in [5, 5.41) is 5.20. The highest BCUT2D eigenvalue weighted by Crippen LogP contribution is 2.28. The summed E-state index contributed by atoms with van der Waals surface area (Å²) in [5.74, 6) is -0.0641. The van der Waals surface area contributed by atoms with Crippen LogP contribution < -0.4 is 10.2 Å². The van der Waals surface area contributed by atoms with Crippen LogP contribution in [-0.2, 0) is 4.79 Å². The minimum absolute atomic E-state index is 0.0744. The molecule has 1 N–H and O–H groups in total. The van der Waals surface area contributed by atoms with Gasteiger partial charge < -0.3 is 4.74 Å². The predicted molar refractivity (Wildman–Crippen MR) is 123 cm³/mol. The van der Waals surface area contributed by atoms with Gasteiger partial charge in [0.05, 0.1) is 5.02 Å². The molecular weight excluding hydrogens is 419 g/mol. The van der Waals surface area contributed by atoms with Crippen molar-refractivity contribution in [1.29, 1.82) is 0 Å². The minimum atomic E-state index is -0.785. The number of nitrogens with zero attached hydrogens (tertiary/aromatic N) is 1. The molecule has 3 aromatic rings. The smallest absolute Gasteiger partial charge is 0.280 e. The molecule has 0 aliphatic carbocycles. The lowest BCUT2D eigenvalue weighted by Gasteiger charge is -2.19. The van der Waals surface area contributed by atoms with Gasteiger partial charge in [0.1, 0.15) is 5.75 Å². The first-order valence-corrected chi connectivity index (χ1v) is 10.3. The minimum Gasteiger partial charge on any atom is -0.479 e. The summed E-state index contributed by atoms with van der Waals surface area (Å²) in [6.45, 7) is 3.53. The molecule has 1 amide bonds. The number of hydrazone groups is 1. The monoisotopic (exact) mass is 440 g/mol. The van der Waals surface area contributed by atoms with Crippen LogP contribution in [0.2, 0.25) is 10.0 Å². The van der Waals surface area contributed by atoms with Crippen molar-refractivity contribution < 1.29 is 9.53 Å². The first-order valence-electron chi connectivity index (χ1n) is 9.51. The van der Waals surface area contributed by atoms with E-state index in [0.29, 0.717) is 15.8 Å². The maximum Gasteiger partial charge on any atom is 0.280 e. The molecule has 1 atom stereocenters. The second-order valence-electron chi connectivity index (χ2n) is 6.82. The van der Waals surface area contributed by atoms with Crippen LogP contribution in [0.5, 0.6) is 5.75 Å². The van der Waals surface area contributed by atoms with E-state index in [9.17, 15) is 4.79 Å². The van der Waals surface area contributed by atoms with Crippen molar-refractivity contribution in [3.8, 4) is 5.75 Å². The second kappa shape index (κ2) is 10.3. The first-order chi connectivity index (χ1) is 14.5. The third-order valence-corrected chi connectivity index (χ3v) is 5.12. The lowest BCUT2D eigenvalue weighted by molar-refractivity contribution is -0.127. The number of rotatable bonds is 7. The topological polar surface area (TPSA) is 50.7 Å². The van der Waals surface area contributed by atoms with Crippen molar-refractivity contribution in [2.24, 2.45) is 5.10 Å². The Morgan fingerprint density at radius 3 is 2.03 bits per heavy atom. The molecule has 0 spiro atoms. The van der Waals surface area contributed by atoms with E-state index in [-0.39, 0.29) is 11.8 Å². The van der Waals surface area contributed by atoms with Crippen LogP contribution in [0, 0.1) is 0 Å². The lowest BCUT2D eigenvalue weighted by Crippen LogP contribution is -2.34. The summed E-state index contributed by atoms with van der Waals surface area (Å²) in [4.78, 5) is 12.5. The van der Waals surface area contributed by atoms with E-state index in [2.05, 4.69) is 10.5 Å². The number of halogens is 2. The number of carbonyl (C=O) groups excluding carboxylic acids is 1. The normalized spacial score (nSPS) is 12.5. The molecule has 0 heterocycles. The molecule has 30 heavy (non-hydrogen) atoms. The van der Waals surface area contributed by atoms with E-state index < -0.39 is 6.10 Å². The van der Waals surface area contributed by atoms with E-state index in [0.717, 1.165) is 16.8 Å². The van der Waals surface area contributed by atoms with Gasteiger partial charge in [0, 0.05) is 16.7 Å². The highest BCUT2D eigenvalue weighted by atomic mass is 35.5. The van der Waals surface area contributed by atoms with Crippen LogP contribution >= 0.6 is 23.2 Å². The summed E-state index contributed by atoms with van der Waals surface area (Å²) in [7, 11) is 0. The van der Waals surface area contributed by atoms with Gasteiger partial charge in [-0.1, -0.05) is 83.9 Å². The molecule has 3 rings (SSSR count). The molecule has 1 unspecified atom stereocenters.